The molecule has 0 rings (SSSR count). The van der Waals surface area contributed by atoms with Gasteiger partial charge in [0.05, 0.1) is 26.4 Å². The highest BCUT2D eigenvalue weighted by atomic mass is 31.2. The van der Waals surface area contributed by atoms with Crippen molar-refractivity contribution in [3.8, 4) is 0 Å². The molecule has 84 heavy (non-hydrogen) atoms. The highest BCUT2D eigenvalue weighted by Crippen LogP contribution is 2.45. The molecule has 0 aromatic heterocycles. The Bertz CT molecular complexity index is 1650. The second-order valence-electron chi connectivity index (χ2n) is 24.5. The highest BCUT2D eigenvalue weighted by Gasteiger charge is 2.30. The molecule has 0 bridgehead atoms. The molecule has 0 aliphatic carbocycles. The number of carbonyl (C=O) groups is 4. The van der Waals surface area contributed by atoms with E-state index >= 15 is 0 Å². The minimum atomic E-state index is -4.95. The van der Waals surface area contributed by atoms with Gasteiger partial charge in [0.2, 0.25) is 0 Å². The van der Waals surface area contributed by atoms with Gasteiger partial charge in [-0.2, -0.15) is 0 Å². The first-order valence-corrected chi connectivity index (χ1v) is 37.0. The summed E-state index contributed by atoms with van der Waals surface area (Å²) in [7, 11) is -9.89. The lowest BCUT2D eigenvalue weighted by molar-refractivity contribution is -0.161. The molecule has 0 amide bonds. The second-order valence-corrected chi connectivity index (χ2v) is 27.4. The fourth-order valence-corrected chi connectivity index (χ4v) is 11.3. The number of hydrogen-bond donors (Lipinski definition) is 3. The molecule has 5 atom stereocenters. The number of unbranched alkanes of at least 4 members (excludes halogenated alkanes) is 34. The highest BCUT2D eigenvalue weighted by molar-refractivity contribution is 7.47. The number of phosphoric acid groups is 2. The van der Waals surface area contributed by atoms with E-state index in [1.807, 2.05) is 0 Å². The Kier molecular flexibility index (Phi) is 56.2. The van der Waals surface area contributed by atoms with Crippen molar-refractivity contribution in [2.75, 3.05) is 39.6 Å². The first-order chi connectivity index (χ1) is 40.4. The molecule has 498 valence electrons. The van der Waals surface area contributed by atoms with Gasteiger partial charge in [0, 0.05) is 25.7 Å². The molecule has 0 saturated carbocycles. The summed E-state index contributed by atoms with van der Waals surface area (Å²) in [6, 6.07) is 0. The number of carbonyl (C=O) groups excluding carboxylic acids is 4. The maximum absolute atomic E-state index is 13.0. The number of hydrogen-bond acceptors (Lipinski definition) is 15. The number of esters is 4. The van der Waals surface area contributed by atoms with Crippen LogP contribution in [0.1, 0.15) is 324 Å². The molecule has 0 spiro atoms. The molecule has 0 radical (unpaired) electrons. The standard InChI is InChI=1S/C65H126O17P2/c1-7-9-11-13-15-17-19-21-23-25-27-35-41-47-62(67)75-53-60(81-64(69)49-43-37-28-26-24-22-20-18-16-14-12-10-8-2)55-79-83(71,72)77-51-59(66)52-78-84(73,74)80-56-61(82-65(70)50-44-38-32-30-34-40-46-58(5)6)54-76-63(68)48-42-36-31-29-33-39-45-57(3)4/h57-61,66H,7-56H2,1-6H3,(H,71,72)(H,73,74)/t59-,60-,61-/m1/s1. The Labute approximate surface area is 511 Å². The Balaban J connectivity index is 5.23. The van der Waals surface area contributed by atoms with E-state index in [4.69, 9.17) is 37.0 Å². The average Bonchev–Trinajstić information content (AvgIpc) is 3.54. The van der Waals surface area contributed by atoms with E-state index in [1.54, 1.807) is 0 Å². The number of phosphoric ester groups is 2. The Hall–Kier alpha value is -1.94. The van der Waals surface area contributed by atoms with Crippen molar-refractivity contribution in [3.05, 3.63) is 0 Å². The predicted molar refractivity (Wildman–Crippen MR) is 335 cm³/mol. The molecule has 0 aliphatic heterocycles. The van der Waals surface area contributed by atoms with Gasteiger partial charge in [-0.25, -0.2) is 9.13 Å². The minimum absolute atomic E-state index is 0.101. The summed E-state index contributed by atoms with van der Waals surface area (Å²) in [6.07, 6.45) is 40.6. The summed E-state index contributed by atoms with van der Waals surface area (Å²) >= 11 is 0. The fraction of sp³-hybridized carbons (Fsp3) is 0.938. The van der Waals surface area contributed by atoms with Crippen LogP contribution >= 0.6 is 15.6 Å². The van der Waals surface area contributed by atoms with Crippen molar-refractivity contribution in [1.82, 2.24) is 0 Å². The van der Waals surface area contributed by atoms with Crippen LogP contribution in [0.2, 0.25) is 0 Å². The van der Waals surface area contributed by atoms with E-state index in [1.165, 1.54) is 135 Å². The van der Waals surface area contributed by atoms with Crippen molar-refractivity contribution >= 4 is 39.5 Å². The second kappa shape index (κ2) is 57.5. The Morgan fingerprint density at radius 1 is 0.321 bits per heavy atom. The van der Waals surface area contributed by atoms with Gasteiger partial charge >= 0.3 is 39.5 Å². The first-order valence-electron chi connectivity index (χ1n) is 34.0. The van der Waals surface area contributed by atoms with Gasteiger partial charge in [0.1, 0.15) is 19.3 Å². The fourth-order valence-electron chi connectivity index (χ4n) is 9.71. The van der Waals surface area contributed by atoms with Crippen molar-refractivity contribution in [2.45, 2.75) is 342 Å². The summed E-state index contributed by atoms with van der Waals surface area (Å²) in [5.41, 5.74) is 0. The monoisotopic (exact) mass is 1240 g/mol. The summed E-state index contributed by atoms with van der Waals surface area (Å²) in [5.74, 6) is -0.787. The van der Waals surface area contributed by atoms with Gasteiger partial charge in [0.25, 0.3) is 0 Å². The number of aliphatic hydroxyl groups excluding tert-OH is 1. The lowest BCUT2D eigenvalue weighted by atomic mass is 10.0. The molecular formula is C65H126O17P2. The van der Waals surface area contributed by atoms with Gasteiger partial charge in [-0.15, -0.1) is 0 Å². The van der Waals surface area contributed by atoms with Crippen LogP contribution in [-0.2, 0) is 65.4 Å². The predicted octanol–water partition coefficient (Wildman–Crippen LogP) is 18.0. The third kappa shape index (κ3) is 59.0. The minimum Gasteiger partial charge on any atom is -0.462 e. The summed E-state index contributed by atoms with van der Waals surface area (Å²) < 4.78 is 68.0. The van der Waals surface area contributed by atoms with Crippen molar-refractivity contribution in [2.24, 2.45) is 11.8 Å². The van der Waals surface area contributed by atoms with Crippen molar-refractivity contribution in [1.29, 1.82) is 0 Å². The number of rotatable bonds is 64. The molecule has 17 nitrogen and oxygen atoms in total. The van der Waals surface area contributed by atoms with Crippen LogP contribution in [0.4, 0.5) is 0 Å². The maximum Gasteiger partial charge on any atom is 0.472 e. The van der Waals surface area contributed by atoms with Crippen molar-refractivity contribution < 1.29 is 80.2 Å². The maximum atomic E-state index is 13.0. The van der Waals surface area contributed by atoms with E-state index in [-0.39, 0.29) is 25.7 Å². The molecule has 19 heteroatoms. The van der Waals surface area contributed by atoms with Gasteiger partial charge in [-0.1, -0.05) is 273 Å². The molecule has 0 aromatic rings. The average molecular weight is 1240 g/mol. The van der Waals surface area contributed by atoms with E-state index in [0.29, 0.717) is 37.5 Å². The van der Waals surface area contributed by atoms with Crippen LogP contribution in [-0.4, -0.2) is 96.7 Å². The van der Waals surface area contributed by atoms with Gasteiger partial charge < -0.3 is 33.8 Å². The van der Waals surface area contributed by atoms with Crippen LogP contribution in [0, 0.1) is 11.8 Å². The third-order valence-electron chi connectivity index (χ3n) is 15.0. The molecule has 2 unspecified atom stereocenters. The molecule has 0 heterocycles. The molecule has 0 fully saturated rings. The zero-order valence-corrected chi connectivity index (χ0v) is 56.0. The van der Waals surface area contributed by atoms with Gasteiger partial charge in [-0.05, 0) is 37.5 Å². The lowest BCUT2D eigenvalue weighted by Crippen LogP contribution is -2.30. The quantitative estimate of drug-likeness (QED) is 0.0222. The molecule has 0 aliphatic rings. The van der Waals surface area contributed by atoms with E-state index < -0.39 is 97.5 Å². The number of aliphatic hydroxyl groups is 1. The SMILES string of the molecule is CCCCCCCCCCCCCCCC(=O)OC[C@H](COP(=O)(O)OC[C@@H](O)COP(=O)(O)OC[C@@H](COC(=O)CCCCCCCCC(C)C)OC(=O)CCCCCCCCC(C)C)OC(=O)CCCCCCCCCCCCCCC. The van der Waals surface area contributed by atoms with Crippen LogP contribution in [0.3, 0.4) is 0 Å². The normalized spacial score (nSPS) is 14.3. The lowest BCUT2D eigenvalue weighted by Gasteiger charge is -2.21. The van der Waals surface area contributed by atoms with Crippen LogP contribution in [0.25, 0.3) is 0 Å². The zero-order valence-electron chi connectivity index (χ0n) is 54.2. The number of ether oxygens (including phenoxy) is 4. The third-order valence-corrected chi connectivity index (χ3v) is 16.9. The van der Waals surface area contributed by atoms with Crippen molar-refractivity contribution in [3.63, 3.8) is 0 Å². The first kappa shape index (κ1) is 82.1. The molecule has 0 aromatic carbocycles. The van der Waals surface area contributed by atoms with E-state index in [9.17, 15) is 43.2 Å². The van der Waals surface area contributed by atoms with E-state index in [2.05, 4.69) is 41.5 Å². The summed E-state index contributed by atoms with van der Waals surface area (Å²) in [6.45, 7) is 9.33. The summed E-state index contributed by atoms with van der Waals surface area (Å²) in [4.78, 5) is 72.2. The van der Waals surface area contributed by atoms with Gasteiger partial charge in [-0.3, -0.25) is 37.3 Å². The van der Waals surface area contributed by atoms with Crippen LogP contribution in [0.15, 0.2) is 0 Å². The van der Waals surface area contributed by atoms with E-state index in [0.717, 1.165) is 96.3 Å². The summed E-state index contributed by atoms with van der Waals surface area (Å²) in [5, 5.41) is 10.5. The Morgan fingerprint density at radius 2 is 0.548 bits per heavy atom. The molecule has 3 N–H and O–H groups in total. The molecule has 0 saturated heterocycles. The Morgan fingerprint density at radius 3 is 0.810 bits per heavy atom. The topological polar surface area (TPSA) is 237 Å². The largest absolute Gasteiger partial charge is 0.472 e. The zero-order chi connectivity index (χ0) is 62.2. The molecular weight excluding hydrogens is 1110 g/mol. The van der Waals surface area contributed by atoms with Gasteiger partial charge in [0.15, 0.2) is 12.2 Å². The smallest absolute Gasteiger partial charge is 0.462 e. The van der Waals surface area contributed by atoms with Crippen LogP contribution in [0.5, 0.6) is 0 Å². The van der Waals surface area contributed by atoms with Crippen LogP contribution < -0.4 is 0 Å².